The second kappa shape index (κ2) is 9.27. The number of esters is 1. The van der Waals surface area contributed by atoms with Crippen LogP contribution in [-0.2, 0) is 47.6 Å². The average Bonchev–Trinajstić information content (AvgIpc) is 3.13. The van der Waals surface area contributed by atoms with Gasteiger partial charge < -0.3 is 14.2 Å². The Labute approximate surface area is 199 Å². The van der Waals surface area contributed by atoms with E-state index in [4.69, 9.17) is 18.4 Å². The number of hydrogen-bond donors (Lipinski definition) is 0. The Bertz CT molecular complexity index is 1160. The molecule has 0 aromatic heterocycles. The van der Waals surface area contributed by atoms with Crippen LogP contribution in [0.5, 0.6) is 0 Å². The summed E-state index contributed by atoms with van der Waals surface area (Å²) >= 11 is 0. The quantitative estimate of drug-likeness (QED) is 0.299. The maximum absolute atomic E-state index is 12.9. The summed E-state index contributed by atoms with van der Waals surface area (Å²) in [6.07, 6.45) is -3.80. The van der Waals surface area contributed by atoms with Crippen LogP contribution in [0.2, 0.25) is 0 Å². The number of aryl methyl sites for hydroxylation is 1. The van der Waals surface area contributed by atoms with Crippen molar-refractivity contribution in [3.05, 3.63) is 29.8 Å². The van der Waals surface area contributed by atoms with Crippen molar-refractivity contribution in [2.24, 2.45) is 0 Å². The van der Waals surface area contributed by atoms with Gasteiger partial charge >= 0.3 is 21.6 Å². The number of cyclic esters (lactones) is 1. The number of benzene rings is 1. The molecule has 0 bridgehead atoms. The van der Waals surface area contributed by atoms with Gasteiger partial charge in [-0.1, -0.05) is 24.1 Å². The molecular formula is C20H23F3O10S2. The zero-order chi connectivity index (χ0) is 25.6. The van der Waals surface area contributed by atoms with Crippen molar-refractivity contribution in [2.75, 3.05) is 6.61 Å². The highest BCUT2D eigenvalue weighted by atomic mass is 32.2. The average molecular weight is 545 g/mol. The van der Waals surface area contributed by atoms with Gasteiger partial charge in [0, 0.05) is 12.8 Å². The van der Waals surface area contributed by atoms with Gasteiger partial charge in [0.15, 0.2) is 11.9 Å². The maximum atomic E-state index is 12.9. The summed E-state index contributed by atoms with van der Waals surface area (Å²) in [6.45, 7) is 1.02. The predicted octanol–water partition coefficient (Wildman–Crippen LogP) is 2.30. The second-order valence-corrected chi connectivity index (χ2v) is 11.8. The van der Waals surface area contributed by atoms with E-state index >= 15 is 0 Å². The van der Waals surface area contributed by atoms with E-state index in [1.165, 1.54) is 12.1 Å². The van der Waals surface area contributed by atoms with Gasteiger partial charge in [0.05, 0.1) is 4.90 Å². The molecule has 15 heteroatoms. The van der Waals surface area contributed by atoms with Crippen molar-refractivity contribution in [3.63, 3.8) is 0 Å². The van der Waals surface area contributed by atoms with Crippen LogP contribution in [0, 0.1) is 6.92 Å². The summed E-state index contributed by atoms with van der Waals surface area (Å²) in [7, 11) is -10.4. The zero-order valence-corrected chi connectivity index (χ0v) is 20.0. The van der Waals surface area contributed by atoms with E-state index in [0.29, 0.717) is 25.7 Å². The van der Waals surface area contributed by atoms with Crippen molar-refractivity contribution in [1.82, 2.24) is 0 Å². The standard InChI is InChI=1S/C20H23F3O10S2/c1-12-5-7-13(8-6-12)34(25,26)29-11-14-15-16(32-19(31-15)9-3-2-4-10-19)17(18(24)30-14)33-35(27,28)20(21,22)23/h5-8,14-17H,2-4,9-11H2,1H3/t14-,15-,16-,17+/m1/s1. The lowest BCUT2D eigenvalue weighted by atomic mass is 9.94. The molecule has 2 saturated heterocycles. The number of fused-ring (bicyclic) bond motifs is 1. The Balaban J connectivity index is 1.57. The summed E-state index contributed by atoms with van der Waals surface area (Å²) < 4.78 is 113. The lowest BCUT2D eigenvalue weighted by Crippen LogP contribution is -2.57. The lowest BCUT2D eigenvalue weighted by molar-refractivity contribution is -0.200. The molecule has 0 radical (unpaired) electrons. The molecule has 2 heterocycles. The molecule has 2 aliphatic heterocycles. The van der Waals surface area contributed by atoms with Gasteiger partial charge in [-0.05, 0) is 31.9 Å². The molecular weight excluding hydrogens is 521 g/mol. The fraction of sp³-hybridized carbons (Fsp3) is 0.650. The Morgan fingerprint density at radius 2 is 1.60 bits per heavy atom. The van der Waals surface area contributed by atoms with E-state index < -0.39 is 68.5 Å². The largest absolute Gasteiger partial charge is 0.523 e. The van der Waals surface area contributed by atoms with Crippen LogP contribution in [0.4, 0.5) is 13.2 Å². The van der Waals surface area contributed by atoms with Gasteiger partial charge in [0.25, 0.3) is 10.1 Å². The zero-order valence-electron chi connectivity index (χ0n) is 18.4. The van der Waals surface area contributed by atoms with Crippen LogP contribution in [0.3, 0.4) is 0 Å². The van der Waals surface area contributed by atoms with E-state index in [9.17, 15) is 34.8 Å². The van der Waals surface area contributed by atoms with Crippen LogP contribution in [0.25, 0.3) is 0 Å². The molecule has 4 atom stereocenters. The molecule has 1 aromatic rings. The van der Waals surface area contributed by atoms with Crippen LogP contribution < -0.4 is 0 Å². The fourth-order valence-corrected chi connectivity index (χ4v) is 5.76. The molecule has 1 saturated carbocycles. The number of carbonyl (C=O) groups is 1. The third-order valence-electron chi connectivity index (χ3n) is 6.02. The monoisotopic (exact) mass is 544 g/mol. The summed E-state index contributed by atoms with van der Waals surface area (Å²) in [6, 6.07) is 5.74. The minimum absolute atomic E-state index is 0.161. The van der Waals surface area contributed by atoms with Crippen LogP contribution in [0.15, 0.2) is 29.2 Å². The first-order valence-electron chi connectivity index (χ1n) is 10.7. The first kappa shape index (κ1) is 26.3. The van der Waals surface area contributed by atoms with E-state index in [1.807, 2.05) is 0 Å². The molecule has 196 valence electrons. The summed E-state index contributed by atoms with van der Waals surface area (Å²) in [5, 5.41) is 0. The van der Waals surface area contributed by atoms with Gasteiger partial charge in [0.2, 0.25) is 6.10 Å². The number of carbonyl (C=O) groups excluding carboxylic acids is 1. The summed E-state index contributed by atoms with van der Waals surface area (Å²) in [4.78, 5) is 12.4. The molecule has 0 N–H and O–H groups in total. The number of hydrogen-bond acceptors (Lipinski definition) is 10. The first-order valence-corrected chi connectivity index (χ1v) is 13.6. The van der Waals surface area contributed by atoms with Crippen molar-refractivity contribution < 1.29 is 57.4 Å². The van der Waals surface area contributed by atoms with E-state index in [-0.39, 0.29) is 4.90 Å². The minimum Gasteiger partial charge on any atom is -0.455 e. The smallest absolute Gasteiger partial charge is 0.455 e. The Morgan fingerprint density at radius 3 is 2.20 bits per heavy atom. The SMILES string of the molecule is Cc1ccc(S(=O)(=O)OC[C@H]2OC(=O)[C@@H](OS(=O)(=O)C(F)(F)F)[C@@H]3OC4(CCCCC4)O[C@@H]32)cc1. The predicted molar refractivity (Wildman–Crippen MR) is 110 cm³/mol. The van der Waals surface area contributed by atoms with Gasteiger partial charge in [-0.25, -0.2) is 8.98 Å². The van der Waals surface area contributed by atoms with Crippen LogP contribution >= 0.6 is 0 Å². The molecule has 1 aliphatic carbocycles. The fourth-order valence-electron chi connectivity index (χ4n) is 4.27. The van der Waals surface area contributed by atoms with E-state index in [1.54, 1.807) is 19.1 Å². The molecule has 4 rings (SSSR count). The highest BCUT2D eigenvalue weighted by molar-refractivity contribution is 7.87. The molecule has 3 aliphatic rings. The summed E-state index contributed by atoms with van der Waals surface area (Å²) in [5.41, 5.74) is -4.98. The van der Waals surface area contributed by atoms with Crippen molar-refractivity contribution >= 4 is 26.2 Å². The molecule has 3 fully saturated rings. The number of halogens is 3. The van der Waals surface area contributed by atoms with Gasteiger partial charge in [-0.2, -0.15) is 30.0 Å². The minimum atomic E-state index is -6.17. The third kappa shape index (κ3) is 5.34. The van der Waals surface area contributed by atoms with Crippen molar-refractivity contribution in [2.45, 2.75) is 79.6 Å². The normalized spacial score (nSPS) is 29.1. The van der Waals surface area contributed by atoms with E-state index in [2.05, 4.69) is 4.18 Å². The highest BCUT2D eigenvalue weighted by Crippen LogP contribution is 2.45. The van der Waals surface area contributed by atoms with Gasteiger partial charge in [0.1, 0.15) is 18.8 Å². The van der Waals surface area contributed by atoms with Crippen molar-refractivity contribution in [3.8, 4) is 0 Å². The van der Waals surface area contributed by atoms with Gasteiger partial charge in [-0.3, -0.25) is 4.18 Å². The molecule has 1 aromatic carbocycles. The Morgan fingerprint density at radius 1 is 1.00 bits per heavy atom. The molecule has 1 spiro atoms. The van der Waals surface area contributed by atoms with E-state index in [0.717, 1.165) is 12.0 Å². The lowest BCUT2D eigenvalue weighted by Gasteiger charge is -2.34. The van der Waals surface area contributed by atoms with Gasteiger partial charge in [-0.15, -0.1) is 0 Å². The maximum Gasteiger partial charge on any atom is 0.523 e. The topological polar surface area (TPSA) is 132 Å². The number of ether oxygens (including phenoxy) is 3. The number of alkyl halides is 3. The third-order valence-corrected chi connectivity index (χ3v) is 8.34. The van der Waals surface area contributed by atoms with Crippen LogP contribution in [0.1, 0.15) is 37.7 Å². The molecule has 0 amide bonds. The first-order chi connectivity index (χ1) is 16.2. The van der Waals surface area contributed by atoms with Crippen molar-refractivity contribution in [1.29, 1.82) is 0 Å². The highest BCUT2D eigenvalue weighted by Gasteiger charge is 2.62. The van der Waals surface area contributed by atoms with Crippen LogP contribution in [-0.4, -0.2) is 65.1 Å². The number of rotatable bonds is 6. The Hall–Kier alpha value is -1.78. The molecule has 10 nitrogen and oxygen atoms in total. The Kier molecular flexibility index (Phi) is 6.96. The summed E-state index contributed by atoms with van der Waals surface area (Å²) in [5.74, 6) is -2.77. The molecule has 0 unspecified atom stereocenters. The second-order valence-electron chi connectivity index (χ2n) is 8.58. The molecule has 35 heavy (non-hydrogen) atoms.